The van der Waals surface area contributed by atoms with Gasteiger partial charge >= 0.3 is 0 Å². The van der Waals surface area contributed by atoms with Gasteiger partial charge in [-0.05, 0) is 38.3 Å². The Morgan fingerprint density at radius 1 is 1.35 bits per heavy atom. The molecule has 3 heterocycles. The highest BCUT2D eigenvalue weighted by Crippen LogP contribution is 2.31. The van der Waals surface area contributed by atoms with E-state index in [1.807, 2.05) is 0 Å². The fraction of sp³-hybridized carbons (Fsp3) is 0.684. The van der Waals surface area contributed by atoms with E-state index >= 15 is 0 Å². The van der Waals surface area contributed by atoms with E-state index in [4.69, 9.17) is 14.5 Å². The fourth-order valence-electron chi connectivity index (χ4n) is 3.60. The topological polar surface area (TPSA) is 82.4 Å². The summed E-state index contributed by atoms with van der Waals surface area (Å²) in [5.74, 6) is 1.57. The molecule has 1 aromatic rings. The molecule has 0 spiro atoms. The molecular weight excluding hydrogens is 330 g/mol. The van der Waals surface area contributed by atoms with Crippen molar-refractivity contribution < 1.29 is 9.47 Å². The molecule has 7 heteroatoms. The van der Waals surface area contributed by atoms with E-state index in [0.717, 1.165) is 75.4 Å². The molecule has 7 nitrogen and oxygen atoms in total. The van der Waals surface area contributed by atoms with Gasteiger partial charge in [-0.3, -0.25) is 0 Å². The third kappa shape index (κ3) is 4.44. The SMILES string of the molecule is COCCCNc1nc(NC[C@H]2CCCO2)c2c(c1C#N)CCN(C)C2. The third-order valence-corrected chi connectivity index (χ3v) is 5.03. The molecule has 1 fully saturated rings. The molecular formula is C19H29N5O2. The zero-order chi connectivity index (χ0) is 18.4. The summed E-state index contributed by atoms with van der Waals surface area (Å²) in [6.45, 7) is 4.81. The molecule has 0 saturated carbocycles. The zero-order valence-corrected chi connectivity index (χ0v) is 15.8. The molecule has 0 aromatic carbocycles. The van der Waals surface area contributed by atoms with Crippen LogP contribution in [0.25, 0.3) is 0 Å². The Hall–Kier alpha value is -1.88. The van der Waals surface area contributed by atoms with Crippen LogP contribution in [0.4, 0.5) is 11.6 Å². The Morgan fingerprint density at radius 2 is 2.23 bits per heavy atom. The maximum absolute atomic E-state index is 9.73. The van der Waals surface area contributed by atoms with Crippen molar-refractivity contribution in [1.82, 2.24) is 9.88 Å². The average Bonchev–Trinajstić information content (AvgIpc) is 3.17. The van der Waals surface area contributed by atoms with Gasteiger partial charge in [-0.1, -0.05) is 0 Å². The molecule has 0 radical (unpaired) electrons. The van der Waals surface area contributed by atoms with Gasteiger partial charge in [0.15, 0.2) is 0 Å². The van der Waals surface area contributed by atoms with E-state index in [1.54, 1.807) is 7.11 Å². The second-order valence-electron chi connectivity index (χ2n) is 7.03. The van der Waals surface area contributed by atoms with Gasteiger partial charge in [0.1, 0.15) is 17.7 Å². The Bertz CT molecular complexity index is 652. The molecule has 1 saturated heterocycles. The largest absolute Gasteiger partial charge is 0.385 e. The van der Waals surface area contributed by atoms with Crippen molar-refractivity contribution in [3.63, 3.8) is 0 Å². The van der Waals surface area contributed by atoms with Gasteiger partial charge in [0.05, 0.1) is 11.7 Å². The van der Waals surface area contributed by atoms with E-state index in [-0.39, 0.29) is 6.10 Å². The van der Waals surface area contributed by atoms with Crippen LogP contribution < -0.4 is 10.6 Å². The predicted molar refractivity (Wildman–Crippen MR) is 101 cm³/mol. The Morgan fingerprint density at radius 3 is 2.96 bits per heavy atom. The monoisotopic (exact) mass is 359 g/mol. The first-order valence-electron chi connectivity index (χ1n) is 9.45. The number of hydrogen-bond acceptors (Lipinski definition) is 7. The molecule has 2 N–H and O–H groups in total. The predicted octanol–water partition coefficient (Wildman–Crippen LogP) is 1.98. The van der Waals surface area contributed by atoms with Crippen molar-refractivity contribution in [3.8, 4) is 6.07 Å². The third-order valence-electron chi connectivity index (χ3n) is 5.03. The lowest BCUT2D eigenvalue weighted by atomic mass is 9.96. The number of methoxy groups -OCH3 is 1. The Labute approximate surface area is 155 Å². The second-order valence-corrected chi connectivity index (χ2v) is 7.03. The van der Waals surface area contributed by atoms with E-state index in [9.17, 15) is 5.26 Å². The molecule has 2 aliphatic heterocycles. The first kappa shape index (κ1) is 18.9. The molecule has 2 aliphatic rings. The van der Waals surface area contributed by atoms with Crippen LogP contribution in [-0.2, 0) is 22.4 Å². The minimum absolute atomic E-state index is 0.252. The van der Waals surface area contributed by atoms with Crippen LogP contribution >= 0.6 is 0 Å². The molecule has 1 aromatic heterocycles. The Balaban J connectivity index is 1.83. The fourth-order valence-corrected chi connectivity index (χ4v) is 3.60. The lowest BCUT2D eigenvalue weighted by molar-refractivity contribution is 0.120. The van der Waals surface area contributed by atoms with E-state index in [2.05, 4.69) is 28.7 Å². The maximum atomic E-state index is 9.73. The van der Waals surface area contributed by atoms with Crippen molar-refractivity contribution in [3.05, 3.63) is 16.7 Å². The number of pyridine rings is 1. The number of nitriles is 1. The summed E-state index contributed by atoms with van der Waals surface area (Å²) in [4.78, 5) is 7.05. The number of likely N-dealkylation sites (N-methyl/N-ethyl adjacent to an activating group) is 1. The van der Waals surface area contributed by atoms with Crippen LogP contribution in [0.2, 0.25) is 0 Å². The lowest BCUT2D eigenvalue weighted by Crippen LogP contribution is -2.30. The van der Waals surface area contributed by atoms with Crippen LogP contribution in [0.5, 0.6) is 0 Å². The van der Waals surface area contributed by atoms with Gasteiger partial charge in [-0.25, -0.2) is 4.98 Å². The van der Waals surface area contributed by atoms with Crippen molar-refractivity contribution in [2.75, 3.05) is 57.6 Å². The number of nitrogens with zero attached hydrogens (tertiary/aromatic N) is 3. The summed E-state index contributed by atoms with van der Waals surface area (Å²) in [7, 11) is 3.80. The zero-order valence-electron chi connectivity index (χ0n) is 15.8. The summed E-state index contributed by atoms with van der Waals surface area (Å²) in [6, 6.07) is 2.38. The molecule has 0 aliphatic carbocycles. The number of aromatic nitrogens is 1. The molecule has 142 valence electrons. The smallest absolute Gasteiger partial charge is 0.146 e. The van der Waals surface area contributed by atoms with Crippen molar-refractivity contribution in [1.29, 1.82) is 5.26 Å². The highest BCUT2D eigenvalue weighted by Gasteiger charge is 2.25. The van der Waals surface area contributed by atoms with Gasteiger partial charge < -0.3 is 25.0 Å². The number of ether oxygens (including phenoxy) is 2. The molecule has 26 heavy (non-hydrogen) atoms. The highest BCUT2D eigenvalue weighted by atomic mass is 16.5. The first-order valence-corrected chi connectivity index (χ1v) is 9.45. The summed E-state index contributed by atoms with van der Waals surface area (Å²) >= 11 is 0. The van der Waals surface area contributed by atoms with Crippen molar-refractivity contribution >= 4 is 11.6 Å². The summed E-state index contributed by atoms with van der Waals surface area (Å²) in [5, 5.41) is 16.5. The summed E-state index contributed by atoms with van der Waals surface area (Å²) < 4.78 is 10.8. The van der Waals surface area contributed by atoms with Crippen LogP contribution in [0.1, 0.15) is 36.0 Å². The van der Waals surface area contributed by atoms with E-state index in [0.29, 0.717) is 18.0 Å². The number of fused-ring (bicyclic) bond motifs is 1. The number of hydrogen-bond donors (Lipinski definition) is 2. The molecule has 1 atom stereocenters. The second kappa shape index (κ2) is 9.17. The Kier molecular flexibility index (Phi) is 6.67. The lowest BCUT2D eigenvalue weighted by Gasteiger charge is -2.29. The number of rotatable bonds is 8. The normalized spacial score (nSPS) is 19.8. The van der Waals surface area contributed by atoms with Crippen molar-refractivity contribution in [2.45, 2.75) is 38.3 Å². The minimum atomic E-state index is 0.252. The highest BCUT2D eigenvalue weighted by molar-refractivity contribution is 5.66. The first-order chi connectivity index (χ1) is 12.7. The van der Waals surface area contributed by atoms with Crippen LogP contribution in [-0.4, -0.2) is 63.0 Å². The van der Waals surface area contributed by atoms with Gasteiger partial charge in [-0.2, -0.15) is 5.26 Å². The maximum Gasteiger partial charge on any atom is 0.146 e. The molecule has 0 amide bonds. The minimum Gasteiger partial charge on any atom is -0.385 e. The van der Waals surface area contributed by atoms with Gasteiger partial charge in [-0.15, -0.1) is 0 Å². The van der Waals surface area contributed by atoms with E-state index < -0.39 is 0 Å². The van der Waals surface area contributed by atoms with Crippen LogP contribution in [0, 0.1) is 11.3 Å². The van der Waals surface area contributed by atoms with Gasteiger partial charge in [0.25, 0.3) is 0 Å². The van der Waals surface area contributed by atoms with Crippen molar-refractivity contribution in [2.24, 2.45) is 0 Å². The van der Waals surface area contributed by atoms with Crippen LogP contribution in [0.15, 0.2) is 0 Å². The number of nitrogens with one attached hydrogen (secondary N) is 2. The van der Waals surface area contributed by atoms with Crippen LogP contribution in [0.3, 0.4) is 0 Å². The standard InChI is InChI=1S/C19H29N5O2/c1-24-8-6-15-16(11-20)18(21-7-4-9-25-2)23-19(17(15)13-24)22-12-14-5-3-10-26-14/h14H,3-10,12-13H2,1-2H3,(H2,21,22,23)/t14-/m1/s1. The van der Waals surface area contributed by atoms with E-state index in [1.165, 1.54) is 0 Å². The molecule has 0 bridgehead atoms. The quantitative estimate of drug-likeness (QED) is 0.687. The van der Waals surface area contributed by atoms with Gasteiger partial charge in [0.2, 0.25) is 0 Å². The molecule has 0 unspecified atom stereocenters. The van der Waals surface area contributed by atoms with Gasteiger partial charge in [0, 0.05) is 52.1 Å². The average molecular weight is 359 g/mol. The molecule has 3 rings (SSSR count). The summed E-state index contributed by atoms with van der Waals surface area (Å²) in [6.07, 6.45) is 4.22. The number of anilines is 2. The summed E-state index contributed by atoms with van der Waals surface area (Å²) in [5.41, 5.74) is 2.97.